The van der Waals surface area contributed by atoms with Crippen molar-refractivity contribution in [2.45, 2.75) is 33.2 Å². The van der Waals surface area contributed by atoms with Crippen LogP contribution in [0.1, 0.15) is 30.0 Å². The van der Waals surface area contributed by atoms with Gasteiger partial charge in [-0.1, -0.05) is 48.0 Å². The topological polar surface area (TPSA) is 56.1 Å². The Morgan fingerprint density at radius 3 is 2.61 bits per heavy atom. The minimum absolute atomic E-state index is 0.0185. The molecule has 3 aromatic rings. The van der Waals surface area contributed by atoms with E-state index in [-0.39, 0.29) is 5.91 Å². The van der Waals surface area contributed by atoms with E-state index in [1.54, 1.807) is 4.68 Å². The summed E-state index contributed by atoms with van der Waals surface area (Å²) >= 11 is 0. The van der Waals surface area contributed by atoms with Crippen LogP contribution in [0.5, 0.6) is 5.75 Å². The van der Waals surface area contributed by atoms with Gasteiger partial charge in [0.05, 0.1) is 12.3 Å². The number of aryl methyl sites for hydroxylation is 3. The minimum Gasteiger partial charge on any atom is -0.494 e. The molecule has 0 radical (unpaired) electrons. The zero-order chi connectivity index (χ0) is 19.9. The first-order chi connectivity index (χ1) is 13.6. The van der Waals surface area contributed by atoms with Crippen molar-refractivity contribution >= 4 is 5.91 Å². The number of rotatable bonds is 8. The molecule has 28 heavy (non-hydrogen) atoms. The number of benzene rings is 2. The first-order valence-electron chi connectivity index (χ1n) is 9.63. The molecule has 1 aromatic heterocycles. The molecule has 0 aliphatic carbocycles. The summed E-state index contributed by atoms with van der Waals surface area (Å²) in [5, 5.41) is 7.58. The average molecular weight is 377 g/mol. The third kappa shape index (κ3) is 5.00. The van der Waals surface area contributed by atoms with Gasteiger partial charge in [0.1, 0.15) is 5.75 Å². The average Bonchev–Trinajstić information content (AvgIpc) is 3.07. The molecule has 1 heterocycles. The van der Waals surface area contributed by atoms with Crippen LogP contribution < -0.4 is 10.1 Å². The van der Waals surface area contributed by atoms with Gasteiger partial charge in [-0.2, -0.15) is 5.10 Å². The highest BCUT2D eigenvalue weighted by atomic mass is 16.5. The number of ether oxygens (including phenoxy) is 1. The third-order valence-electron chi connectivity index (χ3n) is 4.60. The van der Waals surface area contributed by atoms with Crippen LogP contribution in [0.2, 0.25) is 0 Å². The molecular formula is C23H27N3O2. The predicted molar refractivity (Wildman–Crippen MR) is 111 cm³/mol. The molecular weight excluding hydrogens is 350 g/mol. The standard InChI is InChI=1S/C23H27N3O2/c1-4-28-21-8-6-5-7-19(21)15-24-22(27)14-13-20-16-26(3)25-23(20)18-11-9-17(2)10-12-18/h5-12,16H,4,13-15H2,1-3H3,(H,24,27). The second-order valence-corrected chi connectivity index (χ2v) is 6.86. The fourth-order valence-electron chi connectivity index (χ4n) is 3.15. The Labute approximate surface area is 166 Å². The van der Waals surface area contributed by atoms with Gasteiger partial charge in [-0.15, -0.1) is 0 Å². The van der Waals surface area contributed by atoms with Crippen LogP contribution in [0.15, 0.2) is 54.7 Å². The number of amides is 1. The maximum atomic E-state index is 12.4. The zero-order valence-corrected chi connectivity index (χ0v) is 16.7. The van der Waals surface area contributed by atoms with Crippen molar-refractivity contribution in [2.75, 3.05) is 6.61 Å². The number of hydrogen-bond donors (Lipinski definition) is 1. The summed E-state index contributed by atoms with van der Waals surface area (Å²) in [7, 11) is 1.91. The number of para-hydroxylation sites is 1. The molecule has 0 atom stereocenters. The van der Waals surface area contributed by atoms with Crippen LogP contribution >= 0.6 is 0 Å². The van der Waals surface area contributed by atoms with Crippen molar-refractivity contribution in [2.24, 2.45) is 7.05 Å². The lowest BCUT2D eigenvalue weighted by molar-refractivity contribution is -0.121. The van der Waals surface area contributed by atoms with E-state index in [9.17, 15) is 4.79 Å². The van der Waals surface area contributed by atoms with Gasteiger partial charge in [0.2, 0.25) is 5.91 Å². The molecule has 1 amide bonds. The molecule has 2 aromatic carbocycles. The van der Waals surface area contributed by atoms with E-state index >= 15 is 0 Å². The van der Waals surface area contributed by atoms with Gasteiger partial charge in [0.25, 0.3) is 0 Å². The normalized spacial score (nSPS) is 10.7. The highest BCUT2D eigenvalue weighted by molar-refractivity contribution is 5.76. The Morgan fingerprint density at radius 2 is 1.86 bits per heavy atom. The Morgan fingerprint density at radius 1 is 1.11 bits per heavy atom. The second-order valence-electron chi connectivity index (χ2n) is 6.86. The first kappa shape index (κ1) is 19.7. The summed E-state index contributed by atoms with van der Waals surface area (Å²) in [6.07, 6.45) is 3.06. The molecule has 3 rings (SSSR count). The summed E-state index contributed by atoms with van der Waals surface area (Å²) in [4.78, 5) is 12.4. The Bertz CT molecular complexity index is 929. The van der Waals surface area contributed by atoms with Gasteiger partial charge in [-0.05, 0) is 31.9 Å². The Hall–Kier alpha value is -3.08. The molecule has 0 saturated carbocycles. The largest absolute Gasteiger partial charge is 0.494 e. The predicted octanol–water partition coefficient (Wildman–Crippen LogP) is 4.04. The monoisotopic (exact) mass is 377 g/mol. The molecule has 0 fully saturated rings. The van der Waals surface area contributed by atoms with Crippen LogP contribution in [0.3, 0.4) is 0 Å². The Balaban J connectivity index is 1.60. The molecule has 0 unspecified atom stereocenters. The summed E-state index contributed by atoms with van der Waals surface area (Å²) in [6.45, 7) is 5.09. The van der Waals surface area contributed by atoms with Crippen LogP contribution in [-0.2, 0) is 24.8 Å². The van der Waals surface area contributed by atoms with Gasteiger partial charge in [-0.25, -0.2) is 0 Å². The van der Waals surface area contributed by atoms with Crippen molar-refractivity contribution in [1.82, 2.24) is 15.1 Å². The third-order valence-corrected chi connectivity index (χ3v) is 4.60. The smallest absolute Gasteiger partial charge is 0.220 e. The second kappa shape index (κ2) is 9.22. The summed E-state index contributed by atoms with van der Waals surface area (Å²) in [5.41, 5.74) is 5.30. The van der Waals surface area contributed by atoms with E-state index in [2.05, 4.69) is 41.6 Å². The summed E-state index contributed by atoms with van der Waals surface area (Å²) in [6, 6.07) is 16.1. The van der Waals surface area contributed by atoms with E-state index in [1.807, 2.05) is 44.4 Å². The lowest BCUT2D eigenvalue weighted by Gasteiger charge is -2.11. The molecule has 0 aliphatic rings. The molecule has 0 saturated heterocycles. The van der Waals surface area contributed by atoms with E-state index in [0.717, 1.165) is 28.1 Å². The maximum Gasteiger partial charge on any atom is 0.220 e. The van der Waals surface area contributed by atoms with Crippen LogP contribution in [0.4, 0.5) is 0 Å². The fraction of sp³-hybridized carbons (Fsp3) is 0.304. The molecule has 5 heteroatoms. The van der Waals surface area contributed by atoms with Crippen molar-refractivity contribution < 1.29 is 9.53 Å². The van der Waals surface area contributed by atoms with E-state index in [1.165, 1.54) is 5.56 Å². The van der Waals surface area contributed by atoms with Crippen molar-refractivity contribution in [1.29, 1.82) is 0 Å². The number of nitrogens with one attached hydrogen (secondary N) is 1. The van der Waals surface area contributed by atoms with E-state index < -0.39 is 0 Å². The molecule has 146 valence electrons. The molecule has 5 nitrogen and oxygen atoms in total. The van der Waals surface area contributed by atoms with Gasteiger partial charge in [0, 0.05) is 37.3 Å². The van der Waals surface area contributed by atoms with Crippen molar-refractivity contribution in [3.8, 4) is 17.0 Å². The number of aromatic nitrogens is 2. The van der Waals surface area contributed by atoms with Crippen molar-refractivity contribution in [3.05, 3.63) is 71.4 Å². The zero-order valence-electron chi connectivity index (χ0n) is 16.7. The van der Waals surface area contributed by atoms with Crippen molar-refractivity contribution in [3.63, 3.8) is 0 Å². The number of carbonyl (C=O) groups excluding carboxylic acids is 1. The fourth-order valence-corrected chi connectivity index (χ4v) is 3.15. The first-order valence-corrected chi connectivity index (χ1v) is 9.63. The SMILES string of the molecule is CCOc1ccccc1CNC(=O)CCc1cn(C)nc1-c1ccc(C)cc1. The Kier molecular flexibility index (Phi) is 6.48. The number of hydrogen-bond acceptors (Lipinski definition) is 3. The van der Waals surface area contributed by atoms with Gasteiger partial charge >= 0.3 is 0 Å². The maximum absolute atomic E-state index is 12.4. The molecule has 0 spiro atoms. The summed E-state index contributed by atoms with van der Waals surface area (Å²) < 4.78 is 7.42. The van der Waals surface area contributed by atoms with E-state index in [4.69, 9.17) is 4.74 Å². The lowest BCUT2D eigenvalue weighted by atomic mass is 10.0. The quantitative estimate of drug-likeness (QED) is 0.644. The van der Waals surface area contributed by atoms with Gasteiger partial charge < -0.3 is 10.1 Å². The van der Waals surface area contributed by atoms with Crippen LogP contribution in [-0.4, -0.2) is 22.3 Å². The molecule has 1 N–H and O–H groups in total. The molecule has 0 bridgehead atoms. The highest BCUT2D eigenvalue weighted by Gasteiger charge is 2.12. The minimum atomic E-state index is 0.0185. The van der Waals surface area contributed by atoms with Crippen LogP contribution in [0, 0.1) is 6.92 Å². The molecule has 0 aliphatic heterocycles. The van der Waals surface area contributed by atoms with Crippen LogP contribution in [0.25, 0.3) is 11.3 Å². The van der Waals surface area contributed by atoms with E-state index in [0.29, 0.717) is 26.0 Å². The van der Waals surface area contributed by atoms with Gasteiger partial charge in [0.15, 0.2) is 0 Å². The number of nitrogens with zero attached hydrogens (tertiary/aromatic N) is 2. The highest BCUT2D eigenvalue weighted by Crippen LogP contribution is 2.23. The number of carbonyl (C=O) groups is 1. The lowest BCUT2D eigenvalue weighted by Crippen LogP contribution is -2.23. The summed E-state index contributed by atoms with van der Waals surface area (Å²) in [5.74, 6) is 0.837. The van der Waals surface area contributed by atoms with Gasteiger partial charge in [-0.3, -0.25) is 9.48 Å².